The van der Waals surface area contributed by atoms with Crippen molar-refractivity contribution < 1.29 is 18.7 Å². The molecule has 0 amide bonds. The summed E-state index contributed by atoms with van der Waals surface area (Å²) in [4.78, 5) is 40.2. The van der Waals surface area contributed by atoms with E-state index in [1.807, 2.05) is 19.9 Å². The highest BCUT2D eigenvalue weighted by Crippen LogP contribution is 2.42. The summed E-state index contributed by atoms with van der Waals surface area (Å²) in [5, 5.41) is 3.74. The Morgan fingerprint density at radius 3 is 2.64 bits per heavy atom. The predicted octanol–water partition coefficient (Wildman–Crippen LogP) is 4.95. The van der Waals surface area contributed by atoms with Gasteiger partial charge in [-0.25, -0.2) is 4.79 Å². The minimum atomic E-state index is -0.786. The molecule has 1 aliphatic heterocycles. The van der Waals surface area contributed by atoms with Gasteiger partial charge in [0.15, 0.2) is 11.2 Å². The van der Waals surface area contributed by atoms with Crippen molar-refractivity contribution in [2.75, 3.05) is 0 Å². The average Bonchev–Trinajstić information content (AvgIpc) is 2.80. The van der Waals surface area contributed by atoms with Gasteiger partial charge in [0, 0.05) is 29.0 Å². The van der Waals surface area contributed by atoms with Crippen molar-refractivity contribution in [3.05, 3.63) is 68.4 Å². The number of rotatable bonds is 3. The van der Waals surface area contributed by atoms with Crippen molar-refractivity contribution in [1.29, 1.82) is 0 Å². The number of carbonyl (C=O) groups is 2. The van der Waals surface area contributed by atoms with E-state index in [0.717, 1.165) is 49.8 Å². The molecule has 1 N–H and O–H groups in total. The number of aryl methyl sites for hydroxylation is 1. The highest BCUT2D eigenvalue weighted by molar-refractivity contribution is 6.04. The standard InChI is InChI=1S/C27H29NO5/c1-15-11-12-22-18(13-15)26(30)19(14-32-22)24-23(27(31)33-17-7-4-3-5-8-17)16(2)28-20-9-6-10-21(29)25(20)24/h11-14,17,24,28H,3-10H2,1-2H3/t24-/m0/s1. The van der Waals surface area contributed by atoms with E-state index in [-0.39, 0.29) is 17.3 Å². The van der Waals surface area contributed by atoms with Crippen molar-refractivity contribution in [2.45, 2.75) is 77.2 Å². The molecule has 0 radical (unpaired) electrons. The fourth-order valence-corrected chi connectivity index (χ4v) is 5.42. The smallest absolute Gasteiger partial charge is 0.337 e. The quantitative estimate of drug-likeness (QED) is 0.671. The molecular formula is C27H29NO5. The Morgan fingerprint density at radius 2 is 1.85 bits per heavy atom. The number of ether oxygens (including phenoxy) is 1. The summed E-state index contributed by atoms with van der Waals surface area (Å²) in [5.41, 5.74) is 3.80. The first-order valence-corrected chi connectivity index (χ1v) is 11.9. The van der Waals surface area contributed by atoms with Gasteiger partial charge in [-0.15, -0.1) is 0 Å². The lowest BCUT2D eigenvalue weighted by Gasteiger charge is -2.34. The Morgan fingerprint density at radius 1 is 1.06 bits per heavy atom. The second kappa shape index (κ2) is 8.65. The molecule has 0 unspecified atom stereocenters. The van der Waals surface area contributed by atoms with E-state index in [1.54, 1.807) is 12.1 Å². The maximum absolute atomic E-state index is 13.6. The van der Waals surface area contributed by atoms with Crippen LogP contribution in [0.1, 0.15) is 75.3 Å². The van der Waals surface area contributed by atoms with Gasteiger partial charge in [-0.2, -0.15) is 0 Å². The first-order valence-electron chi connectivity index (χ1n) is 11.9. The SMILES string of the molecule is CC1=C(C(=O)OC2CCCCC2)[C@H](c2coc3ccc(C)cc3c2=O)C2=C(CCCC2=O)N1. The third kappa shape index (κ3) is 3.92. The first-order chi connectivity index (χ1) is 15.9. The van der Waals surface area contributed by atoms with Crippen LogP contribution in [0.25, 0.3) is 11.0 Å². The van der Waals surface area contributed by atoms with E-state index in [1.165, 1.54) is 6.26 Å². The Labute approximate surface area is 192 Å². The van der Waals surface area contributed by atoms with Crippen LogP contribution in [0.3, 0.4) is 0 Å². The van der Waals surface area contributed by atoms with Gasteiger partial charge in [0.25, 0.3) is 0 Å². The number of benzene rings is 1. The zero-order valence-electron chi connectivity index (χ0n) is 19.2. The molecule has 5 rings (SSSR count). The van der Waals surface area contributed by atoms with E-state index < -0.39 is 11.9 Å². The lowest BCUT2D eigenvalue weighted by molar-refractivity contribution is -0.146. The Bertz CT molecular complexity index is 1260. The van der Waals surface area contributed by atoms with Crippen LogP contribution in [0.2, 0.25) is 0 Å². The number of fused-ring (bicyclic) bond motifs is 1. The van der Waals surface area contributed by atoms with Gasteiger partial charge in [0.1, 0.15) is 11.7 Å². The lowest BCUT2D eigenvalue weighted by Crippen LogP contribution is -2.37. The predicted molar refractivity (Wildman–Crippen MR) is 125 cm³/mol. The molecule has 33 heavy (non-hydrogen) atoms. The fraction of sp³-hybridized carbons (Fsp3) is 0.444. The largest absolute Gasteiger partial charge is 0.464 e. The molecule has 0 spiro atoms. The zero-order valence-corrected chi connectivity index (χ0v) is 19.2. The number of allylic oxidation sites excluding steroid dienone is 3. The third-order valence-electron chi connectivity index (χ3n) is 7.09. The highest BCUT2D eigenvalue weighted by atomic mass is 16.5. The van der Waals surface area contributed by atoms with Crippen molar-refractivity contribution in [2.24, 2.45) is 0 Å². The van der Waals surface area contributed by atoms with Crippen molar-refractivity contribution in [3.63, 3.8) is 0 Å². The van der Waals surface area contributed by atoms with Crippen molar-refractivity contribution in [3.8, 4) is 0 Å². The zero-order chi connectivity index (χ0) is 23.1. The van der Waals surface area contributed by atoms with E-state index >= 15 is 0 Å². The molecule has 172 valence electrons. The minimum absolute atomic E-state index is 0.0343. The summed E-state index contributed by atoms with van der Waals surface area (Å²) in [6.07, 6.45) is 8.08. The molecule has 1 saturated carbocycles. The van der Waals surface area contributed by atoms with Gasteiger partial charge in [-0.1, -0.05) is 18.1 Å². The van der Waals surface area contributed by atoms with E-state index in [4.69, 9.17) is 9.15 Å². The molecule has 2 aromatic rings. The summed E-state index contributed by atoms with van der Waals surface area (Å²) >= 11 is 0. The second-order valence-corrected chi connectivity index (χ2v) is 9.45. The Hall–Kier alpha value is -3.15. The number of carbonyl (C=O) groups excluding carboxylic acids is 2. The Kier molecular flexibility index (Phi) is 5.69. The van der Waals surface area contributed by atoms with E-state index in [2.05, 4.69) is 5.32 Å². The molecule has 6 nitrogen and oxygen atoms in total. The third-order valence-corrected chi connectivity index (χ3v) is 7.09. The average molecular weight is 448 g/mol. The van der Waals surface area contributed by atoms with Crippen LogP contribution in [0.4, 0.5) is 0 Å². The van der Waals surface area contributed by atoms with E-state index in [0.29, 0.717) is 46.2 Å². The van der Waals surface area contributed by atoms with Crippen LogP contribution in [-0.2, 0) is 14.3 Å². The number of hydrogen-bond acceptors (Lipinski definition) is 6. The molecule has 1 aromatic heterocycles. The van der Waals surface area contributed by atoms with Crippen molar-refractivity contribution in [1.82, 2.24) is 5.32 Å². The van der Waals surface area contributed by atoms with Gasteiger partial charge in [0.2, 0.25) is 0 Å². The Balaban J connectivity index is 1.65. The van der Waals surface area contributed by atoms with Crippen LogP contribution in [0.5, 0.6) is 0 Å². The number of esters is 1. The van der Waals surface area contributed by atoms with Gasteiger partial charge < -0.3 is 14.5 Å². The molecular weight excluding hydrogens is 418 g/mol. The maximum atomic E-state index is 13.6. The summed E-state index contributed by atoms with van der Waals surface area (Å²) in [6.45, 7) is 3.73. The summed E-state index contributed by atoms with van der Waals surface area (Å²) in [7, 11) is 0. The monoisotopic (exact) mass is 447 g/mol. The summed E-state index contributed by atoms with van der Waals surface area (Å²) in [6, 6.07) is 5.45. The minimum Gasteiger partial charge on any atom is -0.464 e. The van der Waals surface area contributed by atoms with Crippen LogP contribution in [0.15, 0.2) is 56.2 Å². The van der Waals surface area contributed by atoms with E-state index in [9.17, 15) is 14.4 Å². The number of ketones is 1. The molecule has 3 aliphatic rings. The molecule has 2 heterocycles. The van der Waals surface area contributed by atoms with Gasteiger partial charge in [0.05, 0.1) is 23.1 Å². The molecule has 6 heteroatoms. The summed E-state index contributed by atoms with van der Waals surface area (Å²) in [5.74, 6) is -1.27. The molecule has 1 fully saturated rings. The van der Waals surface area contributed by atoms with Crippen LogP contribution < -0.4 is 10.7 Å². The summed E-state index contributed by atoms with van der Waals surface area (Å²) < 4.78 is 11.7. The second-order valence-electron chi connectivity index (χ2n) is 9.45. The topological polar surface area (TPSA) is 85.6 Å². The normalized spacial score (nSPS) is 21.8. The number of Topliss-reactive ketones (excluding diaryl/α,β-unsaturated/α-hetero) is 1. The maximum Gasteiger partial charge on any atom is 0.337 e. The molecule has 1 atom stereocenters. The molecule has 1 aromatic carbocycles. The first kappa shape index (κ1) is 21.7. The van der Waals surface area contributed by atoms with Gasteiger partial charge >= 0.3 is 5.97 Å². The fourth-order valence-electron chi connectivity index (χ4n) is 5.42. The number of nitrogens with one attached hydrogen (secondary N) is 1. The number of hydrogen-bond donors (Lipinski definition) is 1. The molecule has 0 bridgehead atoms. The van der Waals surface area contributed by atoms with Crippen LogP contribution in [-0.4, -0.2) is 17.9 Å². The van der Waals surface area contributed by atoms with Crippen LogP contribution >= 0.6 is 0 Å². The van der Waals surface area contributed by atoms with Gasteiger partial charge in [-0.3, -0.25) is 9.59 Å². The number of dihydropyridines is 1. The highest BCUT2D eigenvalue weighted by Gasteiger charge is 2.41. The molecule has 0 saturated heterocycles. The van der Waals surface area contributed by atoms with Crippen LogP contribution in [0, 0.1) is 6.92 Å². The van der Waals surface area contributed by atoms with Gasteiger partial charge in [-0.05, 0) is 64.5 Å². The lowest BCUT2D eigenvalue weighted by atomic mass is 9.75. The van der Waals surface area contributed by atoms with Crippen molar-refractivity contribution >= 4 is 22.7 Å². The molecule has 2 aliphatic carbocycles.